The van der Waals surface area contributed by atoms with Gasteiger partial charge in [0.1, 0.15) is 6.04 Å². The molecule has 1 rings (SSSR count). The van der Waals surface area contributed by atoms with Crippen LogP contribution < -0.4 is 0 Å². The molecule has 1 N–H and O–H groups in total. The number of carboxylic acids is 1. The third kappa shape index (κ3) is 2.20. The van der Waals surface area contributed by atoms with Gasteiger partial charge in [0, 0.05) is 13.0 Å². The SMILES string of the molecule is CCC(C(=O)O)N1CCCCC1=O. The van der Waals surface area contributed by atoms with Gasteiger partial charge >= 0.3 is 5.97 Å². The van der Waals surface area contributed by atoms with Gasteiger partial charge in [-0.3, -0.25) is 4.79 Å². The van der Waals surface area contributed by atoms with Crippen LogP contribution in [0.3, 0.4) is 0 Å². The standard InChI is InChI=1S/C9H15NO3/c1-2-7(9(12)13)10-6-4-3-5-8(10)11/h7H,2-6H2,1H3,(H,12,13). The van der Waals surface area contributed by atoms with Gasteiger partial charge in [-0.05, 0) is 19.3 Å². The highest BCUT2D eigenvalue weighted by Gasteiger charge is 2.29. The minimum atomic E-state index is -0.891. The monoisotopic (exact) mass is 185 g/mol. The van der Waals surface area contributed by atoms with E-state index < -0.39 is 12.0 Å². The molecule has 0 radical (unpaired) electrons. The Morgan fingerprint density at radius 1 is 1.62 bits per heavy atom. The normalized spacial score (nSPS) is 20.1. The van der Waals surface area contributed by atoms with Gasteiger partial charge < -0.3 is 10.0 Å². The van der Waals surface area contributed by atoms with Crippen molar-refractivity contribution in [2.45, 2.75) is 38.6 Å². The van der Waals surface area contributed by atoms with E-state index in [-0.39, 0.29) is 5.91 Å². The van der Waals surface area contributed by atoms with Crippen molar-refractivity contribution in [2.75, 3.05) is 6.54 Å². The number of carbonyl (C=O) groups excluding carboxylic acids is 1. The van der Waals surface area contributed by atoms with Gasteiger partial charge in [-0.25, -0.2) is 4.79 Å². The first kappa shape index (κ1) is 10.0. The van der Waals surface area contributed by atoms with Gasteiger partial charge in [0.15, 0.2) is 0 Å². The van der Waals surface area contributed by atoms with E-state index in [1.54, 1.807) is 6.92 Å². The van der Waals surface area contributed by atoms with E-state index in [4.69, 9.17) is 5.11 Å². The number of hydrogen-bond acceptors (Lipinski definition) is 2. The molecule has 0 aromatic carbocycles. The van der Waals surface area contributed by atoms with Gasteiger partial charge in [-0.2, -0.15) is 0 Å². The molecule has 1 heterocycles. The van der Waals surface area contributed by atoms with Crippen LogP contribution in [-0.4, -0.2) is 34.5 Å². The molecule has 0 aromatic rings. The number of nitrogens with zero attached hydrogens (tertiary/aromatic N) is 1. The highest BCUT2D eigenvalue weighted by Crippen LogP contribution is 2.15. The molecule has 1 aliphatic rings. The molecule has 0 saturated carbocycles. The molecule has 1 aliphatic heterocycles. The van der Waals surface area contributed by atoms with E-state index in [0.717, 1.165) is 12.8 Å². The number of rotatable bonds is 3. The Labute approximate surface area is 77.5 Å². The van der Waals surface area contributed by atoms with Crippen molar-refractivity contribution >= 4 is 11.9 Å². The smallest absolute Gasteiger partial charge is 0.326 e. The van der Waals surface area contributed by atoms with Crippen LogP contribution in [-0.2, 0) is 9.59 Å². The maximum atomic E-state index is 11.4. The van der Waals surface area contributed by atoms with Crippen LogP contribution in [0.1, 0.15) is 32.6 Å². The summed E-state index contributed by atoms with van der Waals surface area (Å²) in [5, 5.41) is 8.85. The van der Waals surface area contributed by atoms with Crippen LogP contribution in [0.15, 0.2) is 0 Å². The summed E-state index contributed by atoms with van der Waals surface area (Å²) in [4.78, 5) is 23.6. The molecule has 1 fully saturated rings. The third-order valence-electron chi connectivity index (χ3n) is 2.41. The van der Waals surface area contributed by atoms with E-state index in [1.807, 2.05) is 0 Å². The predicted octanol–water partition coefficient (Wildman–Crippen LogP) is 0.862. The number of carbonyl (C=O) groups is 2. The molecule has 74 valence electrons. The Kier molecular flexibility index (Phi) is 3.28. The lowest BCUT2D eigenvalue weighted by Crippen LogP contribution is -2.47. The molecule has 4 nitrogen and oxygen atoms in total. The summed E-state index contributed by atoms with van der Waals surface area (Å²) in [6.07, 6.45) is 2.81. The molecule has 1 unspecified atom stereocenters. The summed E-state index contributed by atoms with van der Waals surface area (Å²) in [6, 6.07) is -0.618. The third-order valence-corrected chi connectivity index (χ3v) is 2.41. The van der Waals surface area contributed by atoms with Gasteiger partial charge in [0.25, 0.3) is 0 Å². The summed E-state index contributed by atoms with van der Waals surface area (Å²) < 4.78 is 0. The highest BCUT2D eigenvalue weighted by molar-refractivity contribution is 5.84. The van der Waals surface area contributed by atoms with Crippen molar-refractivity contribution in [1.29, 1.82) is 0 Å². The Morgan fingerprint density at radius 3 is 2.77 bits per heavy atom. The first-order valence-electron chi connectivity index (χ1n) is 4.69. The van der Waals surface area contributed by atoms with Crippen LogP contribution in [0.5, 0.6) is 0 Å². The topological polar surface area (TPSA) is 57.6 Å². The van der Waals surface area contributed by atoms with Gasteiger partial charge in [-0.15, -0.1) is 0 Å². The van der Waals surface area contributed by atoms with E-state index in [0.29, 0.717) is 19.4 Å². The second kappa shape index (κ2) is 4.25. The fraction of sp³-hybridized carbons (Fsp3) is 0.778. The van der Waals surface area contributed by atoms with Crippen molar-refractivity contribution in [2.24, 2.45) is 0 Å². The molecule has 1 atom stereocenters. The molecule has 1 amide bonds. The molecule has 0 spiro atoms. The van der Waals surface area contributed by atoms with Gasteiger partial charge in [0.05, 0.1) is 0 Å². The number of carboxylic acid groups (broad SMARTS) is 1. The number of likely N-dealkylation sites (tertiary alicyclic amines) is 1. The van der Waals surface area contributed by atoms with E-state index in [9.17, 15) is 9.59 Å². The quantitative estimate of drug-likeness (QED) is 0.709. The van der Waals surface area contributed by atoms with Gasteiger partial charge in [0.2, 0.25) is 5.91 Å². The van der Waals surface area contributed by atoms with Crippen LogP contribution in [0.25, 0.3) is 0 Å². The Balaban J connectivity index is 2.65. The lowest BCUT2D eigenvalue weighted by atomic mass is 10.1. The van der Waals surface area contributed by atoms with Crippen molar-refractivity contribution in [3.8, 4) is 0 Å². The largest absolute Gasteiger partial charge is 0.480 e. The Morgan fingerprint density at radius 2 is 2.31 bits per heavy atom. The zero-order chi connectivity index (χ0) is 9.84. The first-order chi connectivity index (χ1) is 6.16. The van der Waals surface area contributed by atoms with Crippen LogP contribution in [0.4, 0.5) is 0 Å². The maximum Gasteiger partial charge on any atom is 0.326 e. The minimum absolute atomic E-state index is 0.0134. The van der Waals surface area contributed by atoms with Crippen molar-refractivity contribution in [3.05, 3.63) is 0 Å². The zero-order valence-corrected chi connectivity index (χ0v) is 7.82. The van der Waals surface area contributed by atoms with Crippen molar-refractivity contribution < 1.29 is 14.7 Å². The summed E-state index contributed by atoms with van der Waals surface area (Å²) in [5.74, 6) is -0.904. The summed E-state index contributed by atoms with van der Waals surface area (Å²) in [7, 11) is 0. The number of hydrogen-bond donors (Lipinski definition) is 1. The van der Waals surface area contributed by atoms with Crippen LogP contribution in [0, 0.1) is 0 Å². The average molecular weight is 185 g/mol. The average Bonchev–Trinajstić information content (AvgIpc) is 2.09. The molecule has 13 heavy (non-hydrogen) atoms. The molecule has 0 aliphatic carbocycles. The molecule has 0 aromatic heterocycles. The second-order valence-electron chi connectivity index (χ2n) is 3.31. The van der Waals surface area contributed by atoms with Crippen LogP contribution in [0.2, 0.25) is 0 Å². The summed E-state index contributed by atoms with van der Waals surface area (Å²) in [5.41, 5.74) is 0. The van der Waals surface area contributed by atoms with E-state index >= 15 is 0 Å². The first-order valence-corrected chi connectivity index (χ1v) is 4.69. The van der Waals surface area contributed by atoms with Crippen molar-refractivity contribution in [3.63, 3.8) is 0 Å². The molecule has 4 heteroatoms. The second-order valence-corrected chi connectivity index (χ2v) is 3.31. The summed E-state index contributed by atoms with van der Waals surface area (Å²) in [6.45, 7) is 2.39. The van der Waals surface area contributed by atoms with E-state index in [1.165, 1.54) is 4.90 Å². The zero-order valence-electron chi connectivity index (χ0n) is 7.82. The minimum Gasteiger partial charge on any atom is -0.480 e. The molecule has 0 bridgehead atoms. The fourth-order valence-electron chi connectivity index (χ4n) is 1.68. The Bertz CT molecular complexity index is 215. The van der Waals surface area contributed by atoms with Crippen LogP contribution >= 0.6 is 0 Å². The van der Waals surface area contributed by atoms with E-state index in [2.05, 4.69) is 0 Å². The molecule has 1 saturated heterocycles. The summed E-state index contributed by atoms with van der Waals surface area (Å²) >= 11 is 0. The number of amides is 1. The Hall–Kier alpha value is -1.06. The number of piperidine rings is 1. The highest BCUT2D eigenvalue weighted by atomic mass is 16.4. The molecular weight excluding hydrogens is 170 g/mol. The number of aliphatic carboxylic acids is 1. The lowest BCUT2D eigenvalue weighted by Gasteiger charge is -2.31. The molecular formula is C9H15NO3. The van der Waals surface area contributed by atoms with Crippen molar-refractivity contribution in [1.82, 2.24) is 4.90 Å². The predicted molar refractivity (Wildman–Crippen MR) is 47.3 cm³/mol. The fourth-order valence-corrected chi connectivity index (χ4v) is 1.68. The maximum absolute atomic E-state index is 11.4. The lowest BCUT2D eigenvalue weighted by molar-refractivity contribution is -0.151. The van der Waals surface area contributed by atoms with Gasteiger partial charge in [-0.1, -0.05) is 6.92 Å².